The maximum Gasteiger partial charge on any atom is 0.242 e. The molecule has 6 nitrogen and oxygen atoms in total. The van der Waals surface area contributed by atoms with Gasteiger partial charge in [0.05, 0.1) is 5.69 Å². The van der Waals surface area contributed by atoms with Crippen molar-refractivity contribution in [1.82, 2.24) is 14.5 Å². The van der Waals surface area contributed by atoms with Gasteiger partial charge in [0.25, 0.3) is 0 Å². The van der Waals surface area contributed by atoms with Crippen LogP contribution in [0.3, 0.4) is 0 Å². The second-order valence-corrected chi connectivity index (χ2v) is 6.29. The third kappa shape index (κ3) is 3.00. The summed E-state index contributed by atoms with van der Waals surface area (Å²) in [6, 6.07) is 6.91. The van der Waals surface area contributed by atoms with Gasteiger partial charge < -0.3 is 5.73 Å². The maximum absolute atomic E-state index is 12.3. The van der Waals surface area contributed by atoms with Gasteiger partial charge in [-0.15, -0.1) is 0 Å². The number of aryl methyl sites for hydroxylation is 2. The van der Waals surface area contributed by atoms with E-state index in [1.54, 1.807) is 36.0 Å². The molecule has 0 saturated heterocycles. The fourth-order valence-corrected chi connectivity index (χ4v) is 3.46. The minimum atomic E-state index is -3.59. The summed E-state index contributed by atoms with van der Waals surface area (Å²) < 4.78 is 28.8. The van der Waals surface area contributed by atoms with E-state index >= 15 is 0 Å². The molecule has 0 aliphatic carbocycles. The first-order chi connectivity index (χ1) is 9.42. The van der Waals surface area contributed by atoms with Crippen molar-refractivity contribution in [3.8, 4) is 0 Å². The minimum absolute atomic E-state index is 0.157. The largest absolute Gasteiger partial charge is 0.398 e. The van der Waals surface area contributed by atoms with Crippen LogP contribution < -0.4 is 10.5 Å². The number of hydrogen-bond donors (Lipinski definition) is 2. The summed E-state index contributed by atoms with van der Waals surface area (Å²) in [6.07, 6.45) is 2.25. The molecule has 0 amide bonds. The smallest absolute Gasteiger partial charge is 0.242 e. The van der Waals surface area contributed by atoms with Crippen molar-refractivity contribution in [1.29, 1.82) is 0 Å². The molecule has 108 valence electrons. The predicted octanol–water partition coefficient (Wildman–Crippen LogP) is 0.832. The number of nitrogen functional groups attached to an aromatic ring is 1. The van der Waals surface area contributed by atoms with Crippen molar-refractivity contribution in [3.05, 3.63) is 41.7 Å². The highest BCUT2D eigenvalue weighted by molar-refractivity contribution is 7.89. The molecule has 1 heterocycles. The van der Waals surface area contributed by atoms with Gasteiger partial charge in [-0.1, -0.05) is 12.1 Å². The number of nitrogens with zero attached hydrogens (tertiary/aromatic N) is 2. The molecule has 0 bridgehead atoms. The monoisotopic (exact) mass is 294 g/mol. The third-order valence-electron chi connectivity index (χ3n) is 3.11. The van der Waals surface area contributed by atoms with Gasteiger partial charge in [-0.05, 0) is 24.6 Å². The average molecular weight is 294 g/mol. The van der Waals surface area contributed by atoms with Crippen LogP contribution in [0.15, 0.2) is 35.4 Å². The fraction of sp³-hybridized carbons (Fsp3) is 0.308. The van der Waals surface area contributed by atoms with Crippen LogP contribution in [0.25, 0.3) is 0 Å². The number of rotatable bonds is 5. The van der Waals surface area contributed by atoms with Crippen LogP contribution in [0, 0.1) is 6.92 Å². The maximum atomic E-state index is 12.3. The van der Waals surface area contributed by atoms with E-state index in [2.05, 4.69) is 9.82 Å². The molecule has 2 aromatic rings. The molecular formula is C13H18N4O2S. The van der Waals surface area contributed by atoms with Crippen molar-refractivity contribution in [2.45, 2.75) is 18.2 Å². The van der Waals surface area contributed by atoms with Gasteiger partial charge in [-0.2, -0.15) is 5.10 Å². The fourth-order valence-electron chi connectivity index (χ4n) is 2.07. The van der Waals surface area contributed by atoms with Gasteiger partial charge in [0.1, 0.15) is 4.90 Å². The van der Waals surface area contributed by atoms with Gasteiger partial charge in [-0.25, -0.2) is 13.1 Å². The summed E-state index contributed by atoms with van der Waals surface area (Å²) in [4.78, 5) is 0.157. The molecule has 7 heteroatoms. The van der Waals surface area contributed by atoms with Crippen molar-refractivity contribution in [3.63, 3.8) is 0 Å². The Balaban J connectivity index is 2.10. The Morgan fingerprint density at radius 1 is 1.35 bits per heavy atom. The molecule has 1 aromatic carbocycles. The van der Waals surface area contributed by atoms with E-state index in [1.807, 2.05) is 13.1 Å². The first kappa shape index (κ1) is 14.5. The van der Waals surface area contributed by atoms with Crippen LogP contribution in [0.2, 0.25) is 0 Å². The Kier molecular flexibility index (Phi) is 4.10. The SMILES string of the molecule is Cc1cccc(N)c1S(=O)(=O)NCCc1ccnn1C. The number of hydrogen-bond acceptors (Lipinski definition) is 4. The number of benzene rings is 1. The summed E-state index contributed by atoms with van der Waals surface area (Å²) in [7, 11) is -1.77. The number of nitrogens with two attached hydrogens (primary N) is 1. The minimum Gasteiger partial charge on any atom is -0.398 e. The molecule has 0 aliphatic heterocycles. The van der Waals surface area contributed by atoms with Crippen molar-refractivity contribution in [2.24, 2.45) is 7.05 Å². The summed E-state index contributed by atoms with van der Waals surface area (Å²) in [5.41, 5.74) is 7.63. The van der Waals surface area contributed by atoms with E-state index in [1.165, 1.54) is 0 Å². The van der Waals surface area contributed by atoms with Crippen LogP contribution in [0.1, 0.15) is 11.3 Å². The first-order valence-electron chi connectivity index (χ1n) is 6.23. The number of anilines is 1. The Morgan fingerprint density at radius 2 is 2.10 bits per heavy atom. The number of nitrogens with one attached hydrogen (secondary N) is 1. The van der Waals surface area contributed by atoms with Gasteiger partial charge in [-0.3, -0.25) is 4.68 Å². The first-order valence-corrected chi connectivity index (χ1v) is 7.72. The van der Waals surface area contributed by atoms with Crippen molar-refractivity contribution >= 4 is 15.7 Å². The normalized spacial score (nSPS) is 11.7. The molecule has 3 N–H and O–H groups in total. The van der Waals surface area contributed by atoms with Crippen LogP contribution in [-0.2, 0) is 23.5 Å². The molecule has 0 spiro atoms. The van der Waals surface area contributed by atoms with E-state index in [9.17, 15) is 8.42 Å². The van der Waals surface area contributed by atoms with E-state index in [-0.39, 0.29) is 10.6 Å². The lowest BCUT2D eigenvalue weighted by Crippen LogP contribution is -2.27. The quantitative estimate of drug-likeness (QED) is 0.799. The predicted molar refractivity (Wildman–Crippen MR) is 77.7 cm³/mol. The molecule has 0 unspecified atom stereocenters. The third-order valence-corrected chi connectivity index (χ3v) is 4.79. The summed E-state index contributed by atoms with van der Waals surface area (Å²) in [5.74, 6) is 0. The Labute approximate surface area is 118 Å². The van der Waals surface area contributed by atoms with Crippen molar-refractivity contribution in [2.75, 3.05) is 12.3 Å². The average Bonchev–Trinajstić information content (AvgIpc) is 2.74. The molecule has 0 atom stereocenters. The standard InChI is InChI=1S/C13H18N4O2S/c1-10-4-3-5-12(14)13(10)20(18,19)16-9-7-11-6-8-15-17(11)2/h3-6,8,16H,7,9,14H2,1-2H3. The van der Waals surface area contributed by atoms with Crippen LogP contribution in [0.4, 0.5) is 5.69 Å². The Hall–Kier alpha value is -1.86. The van der Waals surface area contributed by atoms with Crippen LogP contribution in [0.5, 0.6) is 0 Å². The van der Waals surface area contributed by atoms with Crippen molar-refractivity contribution < 1.29 is 8.42 Å². The lowest BCUT2D eigenvalue weighted by atomic mass is 10.2. The van der Waals surface area contributed by atoms with Gasteiger partial charge >= 0.3 is 0 Å². The molecule has 0 radical (unpaired) electrons. The van der Waals surface area contributed by atoms with Gasteiger partial charge in [0.15, 0.2) is 0 Å². The van der Waals surface area contributed by atoms with Gasteiger partial charge in [0.2, 0.25) is 10.0 Å². The zero-order valence-corrected chi connectivity index (χ0v) is 12.3. The zero-order valence-electron chi connectivity index (χ0n) is 11.5. The number of aromatic nitrogens is 2. The zero-order chi connectivity index (χ0) is 14.8. The second-order valence-electron chi connectivity index (χ2n) is 4.59. The van der Waals surface area contributed by atoms with E-state index < -0.39 is 10.0 Å². The van der Waals surface area contributed by atoms with E-state index in [0.717, 1.165) is 5.69 Å². The Bertz CT molecular complexity index is 687. The lowest BCUT2D eigenvalue weighted by molar-refractivity contribution is 0.579. The van der Waals surface area contributed by atoms with E-state index in [0.29, 0.717) is 18.5 Å². The molecule has 0 aliphatic rings. The second kappa shape index (κ2) is 5.64. The van der Waals surface area contributed by atoms with Crippen LogP contribution in [-0.4, -0.2) is 24.7 Å². The molecule has 0 fully saturated rings. The topological polar surface area (TPSA) is 90.0 Å². The molecule has 2 rings (SSSR count). The molecule has 20 heavy (non-hydrogen) atoms. The van der Waals surface area contributed by atoms with Crippen LogP contribution >= 0.6 is 0 Å². The van der Waals surface area contributed by atoms with E-state index in [4.69, 9.17) is 5.73 Å². The summed E-state index contributed by atoms with van der Waals surface area (Å²) >= 11 is 0. The lowest BCUT2D eigenvalue weighted by Gasteiger charge is -2.11. The Morgan fingerprint density at radius 3 is 2.70 bits per heavy atom. The summed E-state index contributed by atoms with van der Waals surface area (Å²) in [6.45, 7) is 2.03. The molecule has 0 saturated carbocycles. The number of sulfonamides is 1. The highest BCUT2D eigenvalue weighted by atomic mass is 32.2. The van der Waals surface area contributed by atoms with Gasteiger partial charge in [0, 0.05) is 31.9 Å². The molecule has 1 aromatic heterocycles. The molecular weight excluding hydrogens is 276 g/mol. The highest BCUT2D eigenvalue weighted by Crippen LogP contribution is 2.21. The highest BCUT2D eigenvalue weighted by Gasteiger charge is 2.19. The summed E-state index contributed by atoms with van der Waals surface area (Å²) in [5, 5.41) is 4.04.